The maximum atomic E-state index is 5.71. The van der Waals surface area contributed by atoms with E-state index in [1.54, 1.807) is 10.9 Å². The molecule has 1 aromatic carbocycles. The maximum Gasteiger partial charge on any atom is 0.103 e. The smallest absolute Gasteiger partial charge is 0.103 e. The van der Waals surface area contributed by atoms with E-state index in [0.29, 0.717) is 19.8 Å². The Morgan fingerprint density at radius 2 is 2.15 bits per heavy atom. The van der Waals surface area contributed by atoms with Crippen molar-refractivity contribution < 1.29 is 9.47 Å². The van der Waals surface area contributed by atoms with Crippen molar-refractivity contribution in [3.05, 3.63) is 42.2 Å². The number of hydrazine groups is 1. The molecule has 106 valence electrons. The summed E-state index contributed by atoms with van der Waals surface area (Å²) < 4.78 is 12.9. The molecule has 2 aromatic rings. The predicted molar refractivity (Wildman–Crippen MR) is 72.0 cm³/mol. The monoisotopic (exact) mass is 275 g/mol. The topological polar surface area (TPSA) is 87.2 Å². The molecule has 0 bridgehead atoms. The third-order valence-electron chi connectivity index (χ3n) is 3.29. The van der Waals surface area contributed by atoms with E-state index in [0.717, 1.165) is 11.4 Å². The third-order valence-corrected chi connectivity index (χ3v) is 3.29. The normalized spacial score (nSPS) is 20.8. The molecule has 0 aliphatic carbocycles. The zero-order chi connectivity index (χ0) is 13.8. The van der Waals surface area contributed by atoms with Crippen LogP contribution in [-0.4, -0.2) is 40.9 Å². The first-order valence-corrected chi connectivity index (χ1v) is 6.51. The second-order valence-electron chi connectivity index (χ2n) is 4.53. The Hall–Kier alpha value is -1.80. The van der Waals surface area contributed by atoms with Gasteiger partial charge in [0.25, 0.3) is 0 Å². The lowest BCUT2D eigenvalue weighted by Gasteiger charge is -2.29. The quantitative estimate of drug-likeness (QED) is 0.611. The first kappa shape index (κ1) is 13.2. The van der Waals surface area contributed by atoms with Gasteiger partial charge in [-0.05, 0) is 12.1 Å². The molecule has 2 atom stereocenters. The molecule has 0 spiro atoms. The van der Waals surface area contributed by atoms with Crippen molar-refractivity contribution in [3.8, 4) is 5.69 Å². The molecule has 1 aliphatic heterocycles. The van der Waals surface area contributed by atoms with Crippen molar-refractivity contribution in [3.63, 3.8) is 0 Å². The number of para-hydroxylation sites is 1. The minimum Gasteiger partial charge on any atom is -0.376 e. The Morgan fingerprint density at radius 3 is 2.85 bits per heavy atom. The molecule has 7 heteroatoms. The van der Waals surface area contributed by atoms with Crippen LogP contribution >= 0.6 is 0 Å². The lowest BCUT2D eigenvalue weighted by molar-refractivity contribution is -0.103. The number of nitrogens with one attached hydrogen (secondary N) is 1. The number of ether oxygens (including phenoxy) is 2. The fourth-order valence-electron chi connectivity index (χ4n) is 2.31. The molecule has 0 radical (unpaired) electrons. The molecular weight excluding hydrogens is 258 g/mol. The van der Waals surface area contributed by atoms with Gasteiger partial charge < -0.3 is 9.47 Å². The van der Waals surface area contributed by atoms with Gasteiger partial charge in [0.15, 0.2) is 0 Å². The Bertz CT molecular complexity index is 539. The molecule has 1 saturated heterocycles. The molecular formula is C13H17N5O2. The Morgan fingerprint density at radius 1 is 1.30 bits per heavy atom. The first-order chi connectivity index (χ1) is 9.90. The van der Waals surface area contributed by atoms with E-state index in [9.17, 15) is 0 Å². The van der Waals surface area contributed by atoms with Crippen LogP contribution in [0.5, 0.6) is 0 Å². The summed E-state index contributed by atoms with van der Waals surface area (Å²) in [5.74, 6) is 5.69. The predicted octanol–water partition coefficient (Wildman–Crippen LogP) is 0.187. The van der Waals surface area contributed by atoms with E-state index in [4.69, 9.17) is 15.3 Å². The zero-order valence-electron chi connectivity index (χ0n) is 11.0. The van der Waals surface area contributed by atoms with Gasteiger partial charge in [-0.1, -0.05) is 23.4 Å². The van der Waals surface area contributed by atoms with Crippen LogP contribution in [0, 0.1) is 0 Å². The summed E-state index contributed by atoms with van der Waals surface area (Å²) in [5.41, 5.74) is 4.55. The van der Waals surface area contributed by atoms with Crippen molar-refractivity contribution in [1.82, 2.24) is 20.4 Å². The van der Waals surface area contributed by atoms with Crippen molar-refractivity contribution in [2.75, 3.05) is 19.8 Å². The van der Waals surface area contributed by atoms with Gasteiger partial charge >= 0.3 is 0 Å². The Balaban J connectivity index is 1.91. The van der Waals surface area contributed by atoms with Crippen LogP contribution in [-0.2, 0) is 9.47 Å². The first-order valence-electron chi connectivity index (χ1n) is 6.51. The standard InChI is InChI=1S/C13H17N5O2/c14-16-13(12-9-19-6-7-20-12)11-8-15-17-18(11)10-4-2-1-3-5-10/h1-5,8,12-13,16H,6-7,9,14H2. The summed E-state index contributed by atoms with van der Waals surface area (Å²) in [6, 6.07) is 9.55. The third kappa shape index (κ3) is 2.56. The van der Waals surface area contributed by atoms with Crippen molar-refractivity contribution in [2.45, 2.75) is 12.1 Å². The number of nitrogens with zero attached hydrogens (tertiary/aromatic N) is 3. The van der Waals surface area contributed by atoms with Gasteiger partial charge in [-0.2, -0.15) is 0 Å². The van der Waals surface area contributed by atoms with E-state index in [-0.39, 0.29) is 12.1 Å². The largest absolute Gasteiger partial charge is 0.376 e. The number of nitrogens with two attached hydrogens (primary N) is 1. The van der Waals surface area contributed by atoms with E-state index < -0.39 is 0 Å². The minimum atomic E-state index is -0.231. The van der Waals surface area contributed by atoms with Crippen LogP contribution in [0.4, 0.5) is 0 Å². The molecule has 3 rings (SSSR count). The summed E-state index contributed by atoms with van der Waals surface area (Å²) in [5, 5.41) is 8.11. The average molecular weight is 275 g/mol. The SMILES string of the molecule is NNC(c1cnnn1-c1ccccc1)C1COCCO1. The second kappa shape index (κ2) is 6.10. The van der Waals surface area contributed by atoms with Crippen molar-refractivity contribution in [1.29, 1.82) is 0 Å². The van der Waals surface area contributed by atoms with Gasteiger partial charge in [-0.25, -0.2) is 10.1 Å². The molecule has 0 amide bonds. The maximum absolute atomic E-state index is 5.71. The van der Waals surface area contributed by atoms with Crippen LogP contribution < -0.4 is 11.3 Å². The van der Waals surface area contributed by atoms with Gasteiger partial charge in [-0.15, -0.1) is 5.10 Å². The number of benzene rings is 1. The van der Waals surface area contributed by atoms with E-state index in [1.165, 1.54) is 0 Å². The highest BCUT2D eigenvalue weighted by atomic mass is 16.6. The van der Waals surface area contributed by atoms with Gasteiger partial charge in [0.05, 0.1) is 43.4 Å². The number of hydrogen-bond acceptors (Lipinski definition) is 6. The summed E-state index contributed by atoms with van der Waals surface area (Å²) >= 11 is 0. The molecule has 7 nitrogen and oxygen atoms in total. The molecule has 20 heavy (non-hydrogen) atoms. The summed E-state index contributed by atoms with van der Waals surface area (Å²) in [7, 11) is 0. The zero-order valence-corrected chi connectivity index (χ0v) is 11.0. The molecule has 2 heterocycles. The highest BCUT2D eigenvalue weighted by Crippen LogP contribution is 2.22. The minimum absolute atomic E-state index is 0.158. The van der Waals surface area contributed by atoms with Crippen molar-refractivity contribution >= 4 is 0 Å². The number of aromatic nitrogens is 3. The summed E-state index contributed by atoms with van der Waals surface area (Å²) in [6.07, 6.45) is 1.53. The van der Waals surface area contributed by atoms with Crippen LogP contribution in [0.25, 0.3) is 5.69 Å². The van der Waals surface area contributed by atoms with Gasteiger partial charge in [-0.3, -0.25) is 5.84 Å². The van der Waals surface area contributed by atoms with Crippen LogP contribution in [0.1, 0.15) is 11.7 Å². The Kier molecular flexibility index (Phi) is 4.03. The van der Waals surface area contributed by atoms with Crippen LogP contribution in [0.2, 0.25) is 0 Å². The molecule has 1 fully saturated rings. The van der Waals surface area contributed by atoms with E-state index >= 15 is 0 Å². The molecule has 0 saturated carbocycles. The summed E-state index contributed by atoms with van der Waals surface area (Å²) in [4.78, 5) is 0. The van der Waals surface area contributed by atoms with Crippen molar-refractivity contribution in [2.24, 2.45) is 5.84 Å². The lowest BCUT2D eigenvalue weighted by Crippen LogP contribution is -2.44. The lowest BCUT2D eigenvalue weighted by atomic mass is 10.1. The average Bonchev–Trinajstić information content (AvgIpc) is 2.99. The van der Waals surface area contributed by atoms with Gasteiger partial charge in [0, 0.05) is 0 Å². The molecule has 1 aromatic heterocycles. The molecule has 1 aliphatic rings. The fourth-order valence-corrected chi connectivity index (χ4v) is 2.31. The van der Waals surface area contributed by atoms with E-state index in [1.807, 2.05) is 30.3 Å². The Labute approximate surface area is 116 Å². The van der Waals surface area contributed by atoms with E-state index in [2.05, 4.69) is 15.7 Å². The van der Waals surface area contributed by atoms with Crippen LogP contribution in [0.3, 0.4) is 0 Å². The highest BCUT2D eigenvalue weighted by Gasteiger charge is 2.29. The number of hydrogen-bond donors (Lipinski definition) is 2. The second-order valence-corrected chi connectivity index (χ2v) is 4.53. The van der Waals surface area contributed by atoms with Gasteiger partial charge in [0.2, 0.25) is 0 Å². The number of rotatable bonds is 4. The molecule has 2 unspecified atom stereocenters. The molecule has 3 N–H and O–H groups in total. The van der Waals surface area contributed by atoms with Gasteiger partial charge in [0.1, 0.15) is 6.10 Å². The summed E-state index contributed by atoms with van der Waals surface area (Å²) in [6.45, 7) is 1.68. The van der Waals surface area contributed by atoms with Crippen LogP contribution in [0.15, 0.2) is 36.5 Å². The fraction of sp³-hybridized carbons (Fsp3) is 0.385. The highest BCUT2D eigenvalue weighted by molar-refractivity contribution is 5.32.